The summed E-state index contributed by atoms with van der Waals surface area (Å²) in [5.41, 5.74) is -3.38. The quantitative estimate of drug-likeness (QED) is 0.577. The van der Waals surface area contributed by atoms with Crippen molar-refractivity contribution in [1.82, 2.24) is 0 Å². The average molecular weight is 293 g/mol. The Morgan fingerprint density at radius 2 is 1.61 bits per heavy atom. The summed E-state index contributed by atoms with van der Waals surface area (Å²) in [7, 11) is 0.978. The van der Waals surface area contributed by atoms with Gasteiger partial charge in [0.05, 0.1) is 24.1 Å². The van der Waals surface area contributed by atoms with E-state index in [2.05, 4.69) is 4.74 Å². The molecule has 0 fully saturated rings. The van der Waals surface area contributed by atoms with Crippen LogP contribution in [0.25, 0.3) is 0 Å². The number of methoxy groups -OCH3 is 1. The lowest BCUT2D eigenvalue weighted by atomic mass is 10.0. The van der Waals surface area contributed by atoms with Crippen molar-refractivity contribution in [3.8, 4) is 5.75 Å². The lowest BCUT2D eigenvalue weighted by molar-refractivity contribution is -0.143. The molecule has 8 heteroatoms. The highest BCUT2D eigenvalue weighted by molar-refractivity contribution is 6.17. The molecule has 0 aromatic heterocycles. The maximum Gasteiger partial charge on any atom is 0.416 e. The lowest BCUT2D eigenvalue weighted by Gasteiger charge is -2.17. The number of hydrogen-bond donors (Lipinski definition) is 0. The molecule has 1 nitrogen and oxygen atoms in total. The third kappa shape index (κ3) is 3.01. The molecule has 102 valence electrons. The first-order chi connectivity index (χ1) is 8.11. The highest BCUT2D eigenvalue weighted by atomic mass is 35.5. The molecule has 0 amide bonds. The van der Waals surface area contributed by atoms with Crippen LogP contribution in [-0.4, -0.2) is 7.11 Å². The SMILES string of the molecule is COc1cc(C(F)(F)F)cc(C(F)(F)F)c1CCl. The van der Waals surface area contributed by atoms with Crippen molar-refractivity contribution in [3.05, 3.63) is 28.8 Å². The Morgan fingerprint density at radius 1 is 1.06 bits per heavy atom. The van der Waals surface area contributed by atoms with Crippen LogP contribution in [0.5, 0.6) is 5.75 Å². The molecule has 1 aromatic rings. The second-order valence-corrected chi connectivity index (χ2v) is 3.60. The van der Waals surface area contributed by atoms with E-state index in [1.54, 1.807) is 0 Å². The van der Waals surface area contributed by atoms with Crippen molar-refractivity contribution in [2.45, 2.75) is 18.2 Å². The van der Waals surface area contributed by atoms with Crippen molar-refractivity contribution < 1.29 is 31.1 Å². The van der Waals surface area contributed by atoms with E-state index in [1.807, 2.05) is 0 Å². The zero-order valence-corrected chi connectivity index (χ0v) is 9.67. The zero-order valence-electron chi connectivity index (χ0n) is 8.92. The summed E-state index contributed by atoms with van der Waals surface area (Å²) in [5.74, 6) is -1.14. The van der Waals surface area contributed by atoms with E-state index in [4.69, 9.17) is 11.6 Å². The summed E-state index contributed by atoms with van der Waals surface area (Å²) in [6.07, 6.45) is -9.82. The van der Waals surface area contributed by atoms with Crippen molar-refractivity contribution in [2.75, 3.05) is 7.11 Å². The van der Waals surface area contributed by atoms with Crippen LogP contribution < -0.4 is 4.74 Å². The molecule has 0 saturated carbocycles. The molecule has 0 aliphatic heterocycles. The molecule has 1 rings (SSSR count). The third-order valence-corrected chi connectivity index (χ3v) is 2.46. The van der Waals surface area contributed by atoms with Crippen LogP contribution in [0.15, 0.2) is 12.1 Å². The van der Waals surface area contributed by atoms with E-state index in [9.17, 15) is 26.3 Å². The highest BCUT2D eigenvalue weighted by Gasteiger charge is 2.39. The van der Waals surface area contributed by atoms with Gasteiger partial charge in [-0.25, -0.2) is 0 Å². The van der Waals surface area contributed by atoms with Crippen molar-refractivity contribution in [3.63, 3.8) is 0 Å². The zero-order chi connectivity index (χ0) is 14.1. The minimum atomic E-state index is -4.93. The van der Waals surface area contributed by atoms with Crippen LogP contribution in [-0.2, 0) is 18.2 Å². The topological polar surface area (TPSA) is 9.23 Å². The van der Waals surface area contributed by atoms with E-state index in [0.717, 1.165) is 7.11 Å². The second kappa shape index (κ2) is 4.87. The van der Waals surface area contributed by atoms with E-state index in [1.165, 1.54) is 0 Å². The smallest absolute Gasteiger partial charge is 0.416 e. The number of rotatable bonds is 2. The normalized spacial score (nSPS) is 12.7. The fourth-order valence-electron chi connectivity index (χ4n) is 1.38. The Balaban J connectivity index is 3.57. The van der Waals surface area contributed by atoms with Crippen LogP contribution in [0.2, 0.25) is 0 Å². The van der Waals surface area contributed by atoms with Crippen LogP contribution in [0.3, 0.4) is 0 Å². The van der Waals surface area contributed by atoms with Gasteiger partial charge in [-0.05, 0) is 12.1 Å². The summed E-state index contributed by atoms with van der Waals surface area (Å²) < 4.78 is 79.8. The minimum Gasteiger partial charge on any atom is -0.496 e. The van der Waals surface area contributed by atoms with Gasteiger partial charge in [0.2, 0.25) is 0 Å². The third-order valence-electron chi connectivity index (χ3n) is 2.20. The highest BCUT2D eigenvalue weighted by Crippen LogP contribution is 2.41. The molecule has 0 unspecified atom stereocenters. The van der Waals surface area contributed by atoms with Gasteiger partial charge in [0.1, 0.15) is 5.75 Å². The summed E-state index contributed by atoms with van der Waals surface area (Å²) in [4.78, 5) is 0. The molecular weight excluding hydrogens is 286 g/mol. The van der Waals surface area contributed by atoms with Gasteiger partial charge in [0, 0.05) is 5.56 Å². The van der Waals surface area contributed by atoms with Crippen molar-refractivity contribution in [2.24, 2.45) is 0 Å². The van der Waals surface area contributed by atoms with Gasteiger partial charge >= 0.3 is 12.4 Å². The predicted molar refractivity (Wildman–Crippen MR) is 52.6 cm³/mol. The predicted octanol–water partition coefficient (Wildman–Crippen LogP) is 4.47. The standard InChI is InChI=1S/C10H7ClF6O/c1-18-8-3-5(9(12,13)14)2-7(6(8)4-11)10(15,16)17/h2-3H,4H2,1H3. The molecule has 18 heavy (non-hydrogen) atoms. The first kappa shape index (κ1) is 14.9. The molecule has 1 aromatic carbocycles. The van der Waals surface area contributed by atoms with Crippen molar-refractivity contribution in [1.29, 1.82) is 0 Å². The van der Waals surface area contributed by atoms with Gasteiger partial charge in [0.25, 0.3) is 0 Å². The number of alkyl halides is 7. The maximum absolute atomic E-state index is 12.6. The number of hydrogen-bond acceptors (Lipinski definition) is 1. The van der Waals surface area contributed by atoms with E-state index < -0.39 is 40.7 Å². The molecule has 0 saturated heterocycles. The minimum absolute atomic E-state index is 0.0280. The van der Waals surface area contributed by atoms with Gasteiger partial charge in [0.15, 0.2) is 0 Å². The fourth-order valence-corrected chi connectivity index (χ4v) is 1.66. The summed E-state index contributed by atoms with van der Waals surface area (Å²) >= 11 is 5.33. The van der Waals surface area contributed by atoms with E-state index >= 15 is 0 Å². The lowest BCUT2D eigenvalue weighted by Crippen LogP contribution is -2.14. The maximum atomic E-state index is 12.6. The number of halogens is 7. The van der Waals surface area contributed by atoms with Crippen molar-refractivity contribution >= 4 is 11.6 Å². The van der Waals surface area contributed by atoms with Crippen LogP contribution >= 0.6 is 11.6 Å². The monoisotopic (exact) mass is 292 g/mol. The fraction of sp³-hybridized carbons (Fsp3) is 0.400. The van der Waals surface area contributed by atoms with Gasteiger partial charge in [-0.2, -0.15) is 26.3 Å². The molecular formula is C10H7ClF6O. The Labute approximate surface area is 103 Å². The molecule has 0 aliphatic rings. The van der Waals surface area contributed by atoms with Gasteiger partial charge in [-0.15, -0.1) is 11.6 Å². The Bertz CT molecular complexity index is 437. The number of ether oxygens (including phenoxy) is 1. The summed E-state index contributed by atoms with van der Waals surface area (Å²) in [6.45, 7) is 0. The summed E-state index contributed by atoms with van der Waals surface area (Å²) in [5, 5.41) is 0. The van der Waals surface area contributed by atoms with E-state index in [-0.39, 0.29) is 6.07 Å². The summed E-state index contributed by atoms with van der Waals surface area (Å²) in [6, 6.07) is 0.521. The van der Waals surface area contributed by atoms with Gasteiger partial charge < -0.3 is 4.74 Å². The molecule has 0 spiro atoms. The molecule has 0 atom stereocenters. The Hall–Kier alpha value is -1.11. The van der Waals surface area contributed by atoms with Gasteiger partial charge in [-0.1, -0.05) is 0 Å². The first-order valence-corrected chi connectivity index (χ1v) is 5.06. The number of benzene rings is 1. The van der Waals surface area contributed by atoms with E-state index in [0.29, 0.717) is 6.07 Å². The first-order valence-electron chi connectivity index (χ1n) is 4.52. The Kier molecular flexibility index (Phi) is 4.05. The molecule has 0 bridgehead atoms. The molecule has 0 N–H and O–H groups in total. The Morgan fingerprint density at radius 3 is 1.94 bits per heavy atom. The molecule has 0 heterocycles. The van der Waals surface area contributed by atoms with Gasteiger partial charge in [-0.3, -0.25) is 0 Å². The van der Waals surface area contributed by atoms with Crippen LogP contribution in [0, 0.1) is 0 Å². The molecule has 0 radical (unpaired) electrons. The second-order valence-electron chi connectivity index (χ2n) is 3.33. The average Bonchev–Trinajstić information content (AvgIpc) is 2.24. The van der Waals surface area contributed by atoms with Crippen LogP contribution in [0.4, 0.5) is 26.3 Å². The largest absolute Gasteiger partial charge is 0.496 e. The molecule has 0 aliphatic carbocycles. The van der Waals surface area contributed by atoms with Crippen LogP contribution in [0.1, 0.15) is 16.7 Å².